The van der Waals surface area contributed by atoms with Crippen LogP contribution in [0.4, 0.5) is 5.69 Å². The van der Waals surface area contributed by atoms with Crippen LogP contribution in [0.25, 0.3) is 5.69 Å². The molecule has 0 atom stereocenters. The van der Waals surface area contributed by atoms with Crippen molar-refractivity contribution in [3.63, 3.8) is 0 Å². The third-order valence-corrected chi connectivity index (χ3v) is 4.02. The van der Waals surface area contributed by atoms with E-state index in [1.54, 1.807) is 41.2 Å². The topological polar surface area (TPSA) is 99.2 Å². The third kappa shape index (κ3) is 4.45. The number of carbonyl (C=O) groups excluding carboxylic acids is 2. The summed E-state index contributed by atoms with van der Waals surface area (Å²) in [7, 11) is 0. The van der Waals surface area contributed by atoms with Gasteiger partial charge in [0.1, 0.15) is 5.75 Å². The highest BCUT2D eigenvalue weighted by atomic mass is 35.5. The molecule has 0 aliphatic rings. The fourth-order valence-electron chi connectivity index (χ4n) is 2.48. The van der Waals surface area contributed by atoms with Crippen molar-refractivity contribution in [1.29, 1.82) is 0 Å². The molecule has 0 saturated carbocycles. The van der Waals surface area contributed by atoms with E-state index in [1.807, 2.05) is 19.1 Å². The molecule has 0 spiro atoms. The quantitative estimate of drug-likeness (QED) is 0.682. The Labute approximate surface area is 160 Å². The Balaban J connectivity index is 1.77. The smallest absolute Gasteiger partial charge is 0.255 e. The minimum absolute atomic E-state index is 0.253. The molecular formula is C19H17ClN4O3. The summed E-state index contributed by atoms with van der Waals surface area (Å²) in [6, 6.07) is 13.7. The molecular weight excluding hydrogens is 368 g/mol. The van der Waals surface area contributed by atoms with Crippen molar-refractivity contribution in [2.24, 2.45) is 5.73 Å². The zero-order chi connectivity index (χ0) is 19.4. The van der Waals surface area contributed by atoms with Crippen LogP contribution in [0.15, 0.2) is 54.7 Å². The Morgan fingerprint density at radius 1 is 1.22 bits per heavy atom. The molecule has 2 amide bonds. The molecule has 3 N–H and O–H groups in total. The minimum Gasteiger partial charge on any atom is -0.484 e. The maximum Gasteiger partial charge on any atom is 0.255 e. The van der Waals surface area contributed by atoms with E-state index in [9.17, 15) is 9.59 Å². The van der Waals surface area contributed by atoms with Crippen LogP contribution in [0.3, 0.4) is 0 Å². The highest BCUT2D eigenvalue weighted by Gasteiger charge is 2.13. The third-order valence-electron chi connectivity index (χ3n) is 3.79. The van der Waals surface area contributed by atoms with Gasteiger partial charge in [-0.3, -0.25) is 9.59 Å². The van der Waals surface area contributed by atoms with Crippen molar-refractivity contribution in [3.8, 4) is 11.4 Å². The molecule has 138 valence electrons. The molecule has 0 unspecified atom stereocenters. The highest BCUT2D eigenvalue weighted by Crippen LogP contribution is 2.22. The van der Waals surface area contributed by atoms with E-state index in [4.69, 9.17) is 22.1 Å². The molecule has 0 radical (unpaired) electrons. The van der Waals surface area contributed by atoms with Crippen molar-refractivity contribution in [2.45, 2.75) is 6.92 Å². The van der Waals surface area contributed by atoms with Gasteiger partial charge in [0.15, 0.2) is 6.61 Å². The first-order valence-corrected chi connectivity index (χ1v) is 8.45. The average molecular weight is 385 g/mol. The van der Waals surface area contributed by atoms with Crippen LogP contribution < -0.4 is 15.8 Å². The van der Waals surface area contributed by atoms with E-state index in [-0.39, 0.29) is 12.5 Å². The van der Waals surface area contributed by atoms with Gasteiger partial charge in [0.25, 0.3) is 11.8 Å². The molecule has 1 heterocycles. The summed E-state index contributed by atoms with van der Waals surface area (Å²) in [5.74, 6) is -0.532. The van der Waals surface area contributed by atoms with E-state index < -0.39 is 5.91 Å². The van der Waals surface area contributed by atoms with Crippen LogP contribution >= 0.6 is 11.6 Å². The number of hydrogen-bond acceptors (Lipinski definition) is 4. The fourth-order valence-corrected chi connectivity index (χ4v) is 2.66. The number of amides is 2. The molecule has 0 bridgehead atoms. The van der Waals surface area contributed by atoms with Gasteiger partial charge in [0.05, 0.1) is 23.3 Å². The first kappa shape index (κ1) is 18.5. The van der Waals surface area contributed by atoms with Gasteiger partial charge < -0.3 is 15.8 Å². The molecule has 7 nitrogen and oxygen atoms in total. The number of halogens is 1. The Morgan fingerprint density at radius 3 is 2.74 bits per heavy atom. The first-order valence-electron chi connectivity index (χ1n) is 8.07. The summed E-state index contributed by atoms with van der Waals surface area (Å²) in [6.07, 6.45) is 1.57. The molecule has 1 aromatic heterocycles. The summed E-state index contributed by atoms with van der Waals surface area (Å²) in [4.78, 5) is 23.4. The van der Waals surface area contributed by atoms with Crippen molar-refractivity contribution >= 4 is 29.1 Å². The molecule has 0 saturated heterocycles. The van der Waals surface area contributed by atoms with Crippen molar-refractivity contribution in [1.82, 2.24) is 9.78 Å². The number of nitrogens with zero attached hydrogens (tertiary/aromatic N) is 2. The molecule has 2 aromatic carbocycles. The van der Waals surface area contributed by atoms with E-state index in [0.717, 1.165) is 11.4 Å². The van der Waals surface area contributed by atoms with Crippen molar-refractivity contribution in [3.05, 3.63) is 71.0 Å². The van der Waals surface area contributed by atoms with Crippen LogP contribution in [0.1, 0.15) is 16.1 Å². The summed E-state index contributed by atoms with van der Waals surface area (Å²) < 4.78 is 6.91. The van der Waals surface area contributed by atoms with Gasteiger partial charge in [-0.1, -0.05) is 23.7 Å². The maximum atomic E-state index is 12.5. The summed E-state index contributed by atoms with van der Waals surface area (Å²) in [5, 5.41) is 7.73. The molecule has 0 fully saturated rings. The van der Waals surface area contributed by atoms with E-state index in [2.05, 4.69) is 10.4 Å². The van der Waals surface area contributed by atoms with Gasteiger partial charge >= 0.3 is 0 Å². The Morgan fingerprint density at radius 2 is 2.00 bits per heavy atom. The molecule has 0 aliphatic heterocycles. The van der Waals surface area contributed by atoms with Crippen LogP contribution in [-0.4, -0.2) is 28.2 Å². The molecule has 3 rings (SSSR count). The van der Waals surface area contributed by atoms with Gasteiger partial charge in [-0.05, 0) is 43.3 Å². The lowest BCUT2D eigenvalue weighted by molar-refractivity contribution is -0.119. The molecule has 0 aliphatic carbocycles. The van der Waals surface area contributed by atoms with E-state index in [0.29, 0.717) is 22.0 Å². The van der Waals surface area contributed by atoms with Gasteiger partial charge in [0, 0.05) is 10.6 Å². The van der Waals surface area contributed by atoms with Gasteiger partial charge in [-0.25, -0.2) is 4.68 Å². The number of ether oxygens (including phenoxy) is 1. The number of nitrogens with two attached hydrogens (primary N) is 1. The predicted octanol–water partition coefficient (Wildman–Crippen LogP) is 2.95. The number of benzene rings is 2. The van der Waals surface area contributed by atoms with E-state index in [1.165, 1.54) is 6.07 Å². The number of aromatic nitrogens is 2. The molecule has 8 heteroatoms. The van der Waals surface area contributed by atoms with Gasteiger partial charge in [0.2, 0.25) is 0 Å². The fraction of sp³-hybridized carbons (Fsp3) is 0.105. The number of nitrogens with one attached hydrogen (secondary N) is 1. The number of hydrogen-bond donors (Lipinski definition) is 2. The lowest BCUT2D eigenvalue weighted by atomic mass is 10.2. The number of anilines is 1. The van der Waals surface area contributed by atoms with Crippen LogP contribution in [0, 0.1) is 6.92 Å². The molecule has 27 heavy (non-hydrogen) atoms. The van der Waals surface area contributed by atoms with Gasteiger partial charge in [-0.15, -0.1) is 0 Å². The predicted molar refractivity (Wildman–Crippen MR) is 102 cm³/mol. The lowest BCUT2D eigenvalue weighted by Crippen LogP contribution is -2.20. The maximum absolute atomic E-state index is 12.5. The average Bonchev–Trinajstić information content (AvgIpc) is 3.00. The second kappa shape index (κ2) is 7.92. The van der Waals surface area contributed by atoms with Gasteiger partial charge in [-0.2, -0.15) is 5.10 Å². The van der Waals surface area contributed by atoms with Crippen LogP contribution in [0.5, 0.6) is 5.75 Å². The standard InChI is InChI=1S/C19H17ClN4O3/c1-12-17(10-22-24(12)15-6-3-5-14(20)9-15)23-19(26)13-4-2-7-16(8-13)27-11-18(21)25/h2-10H,11H2,1H3,(H2,21,25)(H,23,26). The largest absolute Gasteiger partial charge is 0.484 e. The molecule has 3 aromatic rings. The summed E-state index contributed by atoms with van der Waals surface area (Å²) in [6.45, 7) is 1.59. The normalized spacial score (nSPS) is 10.4. The second-order valence-electron chi connectivity index (χ2n) is 5.77. The Kier molecular flexibility index (Phi) is 5.42. The number of carbonyl (C=O) groups is 2. The number of primary amides is 1. The van der Waals surface area contributed by atoms with Crippen LogP contribution in [-0.2, 0) is 4.79 Å². The Hall–Kier alpha value is -3.32. The van der Waals surface area contributed by atoms with Crippen LogP contribution in [0.2, 0.25) is 5.02 Å². The Bertz CT molecular complexity index is 1000. The summed E-state index contributed by atoms with van der Waals surface area (Å²) >= 11 is 6.03. The van der Waals surface area contributed by atoms with E-state index >= 15 is 0 Å². The van der Waals surface area contributed by atoms with Crippen molar-refractivity contribution in [2.75, 3.05) is 11.9 Å². The van der Waals surface area contributed by atoms with Crippen molar-refractivity contribution < 1.29 is 14.3 Å². The lowest BCUT2D eigenvalue weighted by Gasteiger charge is -2.08. The second-order valence-corrected chi connectivity index (χ2v) is 6.21. The SMILES string of the molecule is Cc1c(NC(=O)c2cccc(OCC(N)=O)c2)cnn1-c1cccc(Cl)c1. The summed E-state index contributed by atoms with van der Waals surface area (Å²) in [5.41, 5.74) is 7.56. The zero-order valence-electron chi connectivity index (χ0n) is 14.5. The zero-order valence-corrected chi connectivity index (χ0v) is 15.2. The first-order chi connectivity index (χ1) is 12.9. The highest BCUT2D eigenvalue weighted by molar-refractivity contribution is 6.30. The monoisotopic (exact) mass is 384 g/mol. The number of rotatable bonds is 6. The minimum atomic E-state index is -0.589.